The highest BCUT2D eigenvalue weighted by Crippen LogP contribution is 2.44. The molecule has 2 heterocycles. The highest BCUT2D eigenvalue weighted by Gasteiger charge is 2.52. The number of ether oxygens (including phenoxy) is 1. The zero-order chi connectivity index (χ0) is 34.5. The summed E-state index contributed by atoms with van der Waals surface area (Å²) in [4.78, 5) is 5.01. The van der Waals surface area contributed by atoms with Crippen molar-refractivity contribution in [2.24, 2.45) is 0 Å². The van der Waals surface area contributed by atoms with Crippen molar-refractivity contribution < 1.29 is 4.74 Å². The number of rotatable bonds is 5. The molecule has 0 N–H and O–H groups in total. The molecule has 0 bridgehead atoms. The Kier molecular flexibility index (Phi) is 7.45. The van der Waals surface area contributed by atoms with E-state index in [0.29, 0.717) is 0 Å². The third-order valence-corrected chi connectivity index (χ3v) is 16.8. The average molecular weight is 700 g/mol. The molecular formula is C48H33NOSSi. The average Bonchev–Trinajstić information content (AvgIpc) is 3.22. The SMILES string of the molecule is c1ccc(-c2ccc(N(c3ccccc3)c3ccc4c(c3)Sc3ccccc3[Si]43c4ccccc4Oc4ccccc43)cc2-c2ccccc2)cc1. The minimum Gasteiger partial charge on any atom is -0.458 e. The first-order valence-corrected chi connectivity index (χ1v) is 20.5. The number of anilines is 3. The summed E-state index contributed by atoms with van der Waals surface area (Å²) in [5.74, 6) is 1.92. The van der Waals surface area contributed by atoms with Crippen molar-refractivity contribution in [2.75, 3.05) is 4.90 Å². The van der Waals surface area contributed by atoms with Gasteiger partial charge in [-0.2, -0.15) is 0 Å². The highest BCUT2D eigenvalue weighted by atomic mass is 32.2. The van der Waals surface area contributed by atoms with Crippen LogP contribution in [0.4, 0.5) is 17.1 Å². The number of benzene rings is 8. The third kappa shape index (κ3) is 4.87. The molecule has 2 aliphatic rings. The lowest BCUT2D eigenvalue weighted by Crippen LogP contribution is -2.77. The minimum atomic E-state index is -2.73. The zero-order valence-corrected chi connectivity index (χ0v) is 30.1. The van der Waals surface area contributed by atoms with Gasteiger partial charge in [-0.15, -0.1) is 0 Å². The maximum atomic E-state index is 6.62. The van der Waals surface area contributed by atoms with E-state index in [-0.39, 0.29) is 0 Å². The summed E-state index contributed by atoms with van der Waals surface area (Å²) < 4.78 is 6.62. The first kappa shape index (κ1) is 30.7. The maximum Gasteiger partial charge on any atom is 0.190 e. The summed E-state index contributed by atoms with van der Waals surface area (Å²) in [5, 5.41) is 5.44. The number of para-hydroxylation sites is 3. The summed E-state index contributed by atoms with van der Waals surface area (Å²) in [7, 11) is -2.73. The van der Waals surface area contributed by atoms with Gasteiger partial charge in [0.15, 0.2) is 8.07 Å². The first-order chi connectivity index (χ1) is 25.8. The topological polar surface area (TPSA) is 12.5 Å². The Hall–Kier alpha value is -6.07. The number of fused-ring (bicyclic) bond motifs is 8. The third-order valence-electron chi connectivity index (χ3n) is 10.4. The van der Waals surface area contributed by atoms with Crippen LogP contribution in [0.3, 0.4) is 0 Å². The van der Waals surface area contributed by atoms with E-state index in [1.165, 1.54) is 52.8 Å². The quantitative estimate of drug-likeness (QED) is 0.166. The Morgan fingerprint density at radius 1 is 0.365 bits per heavy atom. The Morgan fingerprint density at radius 3 is 1.54 bits per heavy atom. The fourth-order valence-corrected chi connectivity index (χ4v) is 15.3. The molecule has 1 spiro atoms. The summed E-state index contributed by atoms with van der Waals surface area (Å²) in [5.41, 5.74) is 8.16. The molecule has 0 amide bonds. The van der Waals surface area contributed by atoms with Crippen molar-refractivity contribution in [3.63, 3.8) is 0 Å². The molecule has 8 aromatic rings. The van der Waals surface area contributed by atoms with Crippen LogP contribution in [0, 0.1) is 0 Å². The standard InChI is InChI=1S/C48H33NOSSi/c1-4-16-34(17-5-1)39-30-28-37(32-40(39)35-18-6-2-7-19-35)49(36-20-8-3-9-21-36)38-29-31-48-44(33-38)51-43-24-12-15-27-47(43)52(48)45-25-13-10-22-41(45)50-42-23-11-14-26-46(42)52/h1-33H. The van der Waals surface area contributed by atoms with Gasteiger partial charge in [0.25, 0.3) is 0 Å². The van der Waals surface area contributed by atoms with Crippen LogP contribution in [0.15, 0.2) is 210 Å². The Morgan fingerprint density at radius 2 is 0.865 bits per heavy atom. The monoisotopic (exact) mass is 699 g/mol. The molecule has 52 heavy (non-hydrogen) atoms. The van der Waals surface area contributed by atoms with Crippen molar-refractivity contribution in [1.29, 1.82) is 0 Å². The molecule has 0 aliphatic carbocycles. The predicted molar refractivity (Wildman–Crippen MR) is 220 cm³/mol. The molecule has 2 aliphatic heterocycles. The lowest BCUT2D eigenvalue weighted by Gasteiger charge is -2.43. The molecule has 0 saturated carbocycles. The van der Waals surface area contributed by atoms with Crippen molar-refractivity contribution in [2.45, 2.75) is 9.79 Å². The minimum absolute atomic E-state index is 0.961. The van der Waals surface area contributed by atoms with Crippen LogP contribution in [-0.2, 0) is 0 Å². The van der Waals surface area contributed by atoms with Gasteiger partial charge in [0.05, 0.1) is 0 Å². The Balaban J connectivity index is 1.20. The highest BCUT2D eigenvalue weighted by molar-refractivity contribution is 8.00. The van der Waals surface area contributed by atoms with Gasteiger partial charge in [-0.05, 0) is 97.6 Å². The fraction of sp³-hybridized carbons (Fsp3) is 0. The van der Waals surface area contributed by atoms with Crippen molar-refractivity contribution in [3.05, 3.63) is 200 Å². The number of hydrogen-bond donors (Lipinski definition) is 0. The summed E-state index contributed by atoms with van der Waals surface area (Å²) in [6, 6.07) is 72.7. The smallest absolute Gasteiger partial charge is 0.190 e. The number of nitrogens with zero attached hydrogens (tertiary/aromatic N) is 1. The first-order valence-electron chi connectivity index (χ1n) is 17.7. The molecule has 246 valence electrons. The Labute approximate surface area is 309 Å². The molecule has 8 aromatic carbocycles. The van der Waals surface area contributed by atoms with Gasteiger partial charge in [0.1, 0.15) is 11.5 Å². The van der Waals surface area contributed by atoms with Gasteiger partial charge in [-0.3, -0.25) is 0 Å². The van der Waals surface area contributed by atoms with Crippen LogP contribution in [0.25, 0.3) is 22.3 Å². The molecule has 0 radical (unpaired) electrons. The van der Waals surface area contributed by atoms with E-state index in [9.17, 15) is 0 Å². The molecule has 0 fully saturated rings. The van der Waals surface area contributed by atoms with Crippen molar-refractivity contribution in [3.8, 4) is 33.8 Å². The molecule has 0 unspecified atom stereocenters. The predicted octanol–water partition coefficient (Wildman–Crippen LogP) is 10.4. The summed E-state index contributed by atoms with van der Waals surface area (Å²) in [6.07, 6.45) is 0. The van der Waals surface area contributed by atoms with Crippen LogP contribution in [0.2, 0.25) is 0 Å². The van der Waals surface area contributed by atoms with E-state index >= 15 is 0 Å². The van der Waals surface area contributed by atoms with Gasteiger partial charge in [0, 0.05) is 26.9 Å². The molecule has 4 heteroatoms. The second-order valence-corrected chi connectivity index (χ2v) is 18.0. The fourth-order valence-electron chi connectivity index (χ4n) is 8.17. The van der Waals surface area contributed by atoms with Gasteiger partial charge in [-0.1, -0.05) is 157 Å². The molecule has 10 rings (SSSR count). The Bertz CT molecular complexity index is 2530. The van der Waals surface area contributed by atoms with Crippen LogP contribution < -0.4 is 30.4 Å². The van der Waals surface area contributed by atoms with Gasteiger partial charge in [-0.25, -0.2) is 0 Å². The van der Waals surface area contributed by atoms with E-state index in [2.05, 4.69) is 205 Å². The second kappa shape index (κ2) is 12.6. The van der Waals surface area contributed by atoms with Crippen molar-refractivity contribution >= 4 is 57.6 Å². The lowest BCUT2D eigenvalue weighted by molar-refractivity contribution is 0.487. The lowest BCUT2D eigenvalue weighted by atomic mass is 9.93. The van der Waals surface area contributed by atoms with E-state index in [0.717, 1.165) is 28.6 Å². The molecule has 0 saturated heterocycles. The second-order valence-electron chi connectivity index (χ2n) is 13.3. The van der Waals surface area contributed by atoms with Crippen LogP contribution in [0.1, 0.15) is 0 Å². The van der Waals surface area contributed by atoms with Gasteiger partial charge >= 0.3 is 0 Å². The maximum absolute atomic E-state index is 6.62. The molecular weight excluding hydrogens is 667 g/mol. The van der Waals surface area contributed by atoms with Crippen molar-refractivity contribution in [1.82, 2.24) is 0 Å². The summed E-state index contributed by atoms with van der Waals surface area (Å²) >= 11 is 1.89. The van der Waals surface area contributed by atoms with Gasteiger partial charge < -0.3 is 9.64 Å². The number of hydrogen-bond acceptors (Lipinski definition) is 3. The molecule has 2 nitrogen and oxygen atoms in total. The summed E-state index contributed by atoms with van der Waals surface area (Å²) in [6.45, 7) is 0. The normalized spacial score (nSPS) is 13.2. The van der Waals surface area contributed by atoms with Crippen LogP contribution in [0.5, 0.6) is 11.5 Å². The van der Waals surface area contributed by atoms with E-state index < -0.39 is 8.07 Å². The molecule has 0 atom stereocenters. The van der Waals surface area contributed by atoms with Crippen LogP contribution >= 0.6 is 11.8 Å². The zero-order valence-electron chi connectivity index (χ0n) is 28.3. The van der Waals surface area contributed by atoms with Gasteiger partial charge in [0.2, 0.25) is 0 Å². The van der Waals surface area contributed by atoms with E-state index in [4.69, 9.17) is 4.74 Å². The molecule has 0 aromatic heterocycles. The largest absolute Gasteiger partial charge is 0.458 e. The van der Waals surface area contributed by atoms with E-state index in [1.54, 1.807) is 0 Å². The van der Waals surface area contributed by atoms with Crippen LogP contribution in [-0.4, -0.2) is 8.07 Å². The van der Waals surface area contributed by atoms with E-state index in [1.807, 2.05) is 11.8 Å².